The van der Waals surface area contributed by atoms with E-state index in [1.54, 1.807) is 0 Å². The Labute approximate surface area is 125 Å². The molecule has 5 heteroatoms. The number of likely N-dealkylation sites (tertiary alicyclic amines) is 1. The number of aliphatic carboxylic acids is 1. The average Bonchev–Trinajstić information content (AvgIpc) is 2.46. The quantitative estimate of drug-likeness (QED) is 0.848. The number of carboxylic acids is 1. The minimum atomic E-state index is -0.757. The number of thioether (sulfide) groups is 1. The molecule has 0 spiro atoms. The Kier molecular flexibility index (Phi) is 6.20. The molecule has 0 aromatic carbocycles. The van der Waals surface area contributed by atoms with Crippen LogP contribution >= 0.6 is 11.8 Å². The number of nitrogens with zero attached hydrogens (tertiary/aromatic N) is 1. The summed E-state index contributed by atoms with van der Waals surface area (Å²) in [7, 11) is 0. The second-order valence-electron chi connectivity index (χ2n) is 5.93. The fourth-order valence-corrected chi connectivity index (χ4v) is 4.44. The molecule has 0 aromatic rings. The van der Waals surface area contributed by atoms with Crippen LogP contribution in [0.5, 0.6) is 0 Å². The molecule has 1 atom stereocenters. The largest absolute Gasteiger partial charge is 0.481 e. The first kappa shape index (κ1) is 15.7. The Balaban J connectivity index is 1.85. The molecule has 2 heterocycles. The summed E-state index contributed by atoms with van der Waals surface area (Å²) >= 11 is 1.98. The molecule has 0 aromatic heterocycles. The fourth-order valence-electron chi connectivity index (χ4n) is 3.23. The zero-order valence-corrected chi connectivity index (χ0v) is 12.9. The number of hydrogen-bond acceptors (Lipinski definition) is 3. The van der Waals surface area contributed by atoms with Crippen molar-refractivity contribution in [2.75, 3.05) is 18.1 Å². The van der Waals surface area contributed by atoms with Crippen molar-refractivity contribution in [3.8, 4) is 0 Å². The Morgan fingerprint density at radius 1 is 1.15 bits per heavy atom. The van der Waals surface area contributed by atoms with E-state index in [1.807, 2.05) is 16.7 Å². The smallest absolute Gasteiger partial charge is 0.303 e. The van der Waals surface area contributed by atoms with Crippen LogP contribution in [0.2, 0.25) is 0 Å². The molecule has 2 saturated heterocycles. The van der Waals surface area contributed by atoms with Gasteiger partial charge in [-0.3, -0.25) is 9.59 Å². The second-order valence-corrected chi connectivity index (χ2v) is 7.15. The molecular formula is C15H25NO3S. The van der Waals surface area contributed by atoms with E-state index in [4.69, 9.17) is 5.11 Å². The maximum atomic E-state index is 12.5. The van der Waals surface area contributed by atoms with Gasteiger partial charge >= 0.3 is 5.97 Å². The molecule has 0 radical (unpaired) electrons. The Morgan fingerprint density at radius 3 is 2.60 bits per heavy atom. The highest BCUT2D eigenvalue weighted by atomic mass is 32.2. The molecule has 2 aliphatic rings. The van der Waals surface area contributed by atoms with Gasteiger partial charge < -0.3 is 10.0 Å². The van der Waals surface area contributed by atoms with E-state index in [0.717, 1.165) is 38.6 Å². The van der Waals surface area contributed by atoms with Crippen molar-refractivity contribution < 1.29 is 14.7 Å². The van der Waals surface area contributed by atoms with Gasteiger partial charge in [0.2, 0.25) is 5.91 Å². The first-order valence-electron chi connectivity index (χ1n) is 7.76. The fraction of sp³-hybridized carbons (Fsp3) is 0.867. The summed E-state index contributed by atoms with van der Waals surface area (Å²) in [5.74, 6) is 2.41. The minimum absolute atomic E-state index is 0.158. The molecule has 4 nitrogen and oxygen atoms in total. The SMILES string of the molecule is O=C(O)CC[C@H]1CCCCN1C(=O)CC1CCSCC1. The molecule has 2 aliphatic heterocycles. The molecule has 0 saturated carbocycles. The lowest BCUT2D eigenvalue weighted by atomic mass is 9.94. The van der Waals surface area contributed by atoms with E-state index >= 15 is 0 Å². The van der Waals surface area contributed by atoms with Crippen molar-refractivity contribution in [3.05, 3.63) is 0 Å². The lowest BCUT2D eigenvalue weighted by Crippen LogP contribution is -2.44. The minimum Gasteiger partial charge on any atom is -0.481 e. The number of carboxylic acid groups (broad SMARTS) is 1. The first-order chi connectivity index (χ1) is 9.66. The standard InChI is InChI=1S/C15H25NO3S/c17-14(11-12-6-9-20-10-7-12)16-8-2-1-3-13(16)4-5-15(18)19/h12-13H,1-11H2,(H,18,19)/t13-/m1/s1. The number of piperidine rings is 1. The van der Waals surface area contributed by atoms with Gasteiger partial charge in [0.25, 0.3) is 0 Å². The summed E-state index contributed by atoms with van der Waals surface area (Å²) in [6.07, 6.45) is 6.93. The Bertz CT molecular complexity index is 342. The van der Waals surface area contributed by atoms with Crippen LogP contribution in [0, 0.1) is 5.92 Å². The van der Waals surface area contributed by atoms with Gasteiger partial charge in [-0.2, -0.15) is 11.8 Å². The number of amides is 1. The summed E-state index contributed by atoms with van der Waals surface area (Å²) in [4.78, 5) is 25.2. The summed E-state index contributed by atoms with van der Waals surface area (Å²) in [5.41, 5.74) is 0. The van der Waals surface area contributed by atoms with Crippen LogP contribution in [0.1, 0.15) is 51.4 Å². The summed E-state index contributed by atoms with van der Waals surface area (Å²) in [5, 5.41) is 8.82. The zero-order chi connectivity index (χ0) is 14.4. The highest BCUT2D eigenvalue weighted by Gasteiger charge is 2.28. The Morgan fingerprint density at radius 2 is 1.90 bits per heavy atom. The maximum Gasteiger partial charge on any atom is 0.303 e. The van der Waals surface area contributed by atoms with Gasteiger partial charge in [-0.25, -0.2) is 0 Å². The lowest BCUT2D eigenvalue weighted by molar-refractivity contribution is -0.140. The van der Waals surface area contributed by atoms with Crippen LogP contribution in [0.15, 0.2) is 0 Å². The first-order valence-corrected chi connectivity index (χ1v) is 8.91. The molecule has 114 valence electrons. The van der Waals surface area contributed by atoms with Crippen molar-refractivity contribution >= 4 is 23.6 Å². The van der Waals surface area contributed by atoms with Crippen LogP contribution in [-0.4, -0.2) is 46.0 Å². The molecule has 2 rings (SSSR count). The van der Waals surface area contributed by atoms with E-state index in [0.29, 0.717) is 18.8 Å². The topological polar surface area (TPSA) is 57.6 Å². The molecular weight excluding hydrogens is 274 g/mol. The third-order valence-electron chi connectivity index (χ3n) is 4.44. The Hall–Kier alpha value is -0.710. The molecule has 0 bridgehead atoms. The second kappa shape index (κ2) is 7.91. The summed E-state index contributed by atoms with van der Waals surface area (Å²) in [6, 6.07) is 0.158. The van der Waals surface area contributed by atoms with Crippen molar-refractivity contribution in [2.24, 2.45) is 5.92 Å². The van der Waals surface area contributed by atoms with E-state index < -0.39 is 5.97 Å². The monoisotopic (exact) mass is 299 g/mol. The number of carbonyl (C=O) groups excluding carboxylic acids is 1. The number of rotatable bonds is 5. The average molecular weight is 299 g/mol. The molecule has 2 fully saturated rings. The zero-order valence-electron chi connectivity index (χ0n) is 12.1. The molecule has 20 heavy (non-hydrogen) atoms. The van der Waals surface area contributed by atoms with Crippen molar-refractivity contribution in [2.45, 2.75) is 57.4 Å². The van der Waals surface area contributed by atoms with Gasteiger partial charge in [-0.05, 0) is 55.9 Å². The molecule has 1 amide bonds. The lowest BCUT2D eigenvalue weighted by Gasteiger charge is -2.37. The number of carbonyl (C=O) groups is 2. The summed E-state index contributed by atoms with van der Waals surface area (Å²) < 4.78 is 0. The number of hydrogen-bond donors (Lipinski definition) is 1. The van der Waals surface area contributed by atoms with Gasteiger partial charge in [-0.1, -0.05) is 0 Å². The van der Waals surface area contributed by atoms with E-state index in [9.17, 15) is 9.59 Å². The molecule has 1 N–H and O–H groups in total. The van der Waals surface area contributed by atoms with E-state index in [2.05, 4.69) is 0 Å². The van der Waals surface area contributed by atoms with E-state index in [-0.39, 0.29) is 18.4 Å². The third kappa shape index (κ3) is 4.69. The van der Waals surface area contributed by atoms with Crippen LogP contribution in [0.3, 0.4) is 0 Å². The van der Waals surface area contributed by atoms with E-state index in [1.165, 1.54) is 11.5 Å². The highest BCUT2D eigenvalue weighted by Crippen LogP contribution is 2.28. The van der Waals surface area contributed by atoms with Crippen molar-refractivity contribution in [1.82, 2.24) is 4.90 Å². The van der Waals surface area contributed by atoms with Gasteiger partial charge in [0.15, 0.2) is 0 Å². The molecule has 0 unspecified atom stereocenters. The van der Waals surface area contributed by atoms with Crippen LogP contribution in [-0.2, 0) is 9.59 Å². The van der Waals surface area contributed by atoms with Gasteiger partial charge in [0, 0.05) is 25.4 Å². The summed E-state index contributed by atoms with van der Waals surface area (Å²) in [6.45, 7) is 0.824. The van der Waals surface area contributed by atoms with Crippen molar-refractivity contribution in [3.63, 3.8) is 0 Å². The van der Waals surface area contributed by atoms with Crippen LogP contribution < -0.4 is 0 Å². The predicted octanol–water partition coefficient (Wildman–Crippen LogP) is 2.77. The molecule has 0 aliphatic carbocycles. The van der Waals surface area contributed by atoms with Gasteiger partial charge in [0.1, 0.15) is 0 Å². The predicted molar refractivity (Wildman–Crippen MR) is 80.9 cm³/mol. The normalized spacial score (nSPS) is 24.6. The van der Waals surface area contributed by atoms with Crippen LogP contribution in [0.4, 0.5) is 0 Å². The van der Waals surface area contributed by atoms with Gasteiger partial charge in [0.05, 0.1) is 0 Å². The van der Waals surface area contributed by atoms with Crippen molar-refractivity contribution in [1.29, 1.82) is 0 Å². The third-order valence-corrected chi connectivity index (χ3v) is 5.49. The maximum absolute atomic E-state index is 12.5. The van der Waals surface area contributed by atoms with Gasteiger partial charge in [-0.15, -0.1) is 0 Å². The van der Waals surface area contributed by atoms with Crippen LogP contribution in [0.25, 0.3) is 0 Å². The highest BCUT2D eigenvalue weighted by molar-refractivity contribution is 7.99.